The molecule has 0 saturated heterocycles. The highest BCUT2D eigenvalue weighted by atomic mass is 35.5. The Morgan fingerprint density at radius 2 is 2.07 bits per heavy atom. The number of carbonyl (C=O) groups is 1. The molecule has 0 aliphatic rings. The fraction of sp³-hybridized carbons (Fsp3) is 0.125. The van der Waals surface area contributed by atoms with Gasteiger partial charge >= 0.3 is 0 Å². The predicted octanol–water partition coefficient (Wildman–Crippen LogP) is 2.94. The van der Waals surface area contributed by atoms with Crippen molar-refractivity contribution >= 4 is 34.1 Å². The molecular weight excluding hydrogens is 229 g/mol. The molecule has 0 atom stereocenters. The zero-order valence-corrected chi connectivity index (χ0v) is 8.59. The second-order valence-electron chi connectivity index (χ2n) is 2.60. The molecule has 1 aromatic rings. The number of benzene rings is 1. The average Bonchev–Trinajstić information content (AvgIpc) is 2.02. The Bertz CT molecular complexity index is 417. The fourth-order valence-corrected chi connectivity index (χ4v) is 1.69. The first-order chi connectivity index (χ1) is 6.45. The number of hydrogen-bond donors (Lipinski definition) is 0. The Kier molecular flexibility index (Phi) is 3.08. The molecule has 0 heterocycles. The molecule has 0 radical (unpaired) electrons. The van der Waals surface area contributed by atoms with Crippen molar-refractivity contribution in [1.29, 1.82) is 0 Å². The Labute approximate surface area is 89.6 Å². The minimum absolute atomic E-state index is 0.0115. The van der Waals surface area contributed by atoms with Crippen LogP contribution in [-0.2, 0) is 0 Å². The van der Waals surface area contributed by atoms with Gasteiger partial charge in [-0.05, 0) is 24.6 Å². The molecule has 0 spiro atoms. The fourth-order valence-electron chi connectivity index (χ4n) is 1.11. The number of nitro groups is 1. The van der Waals surface area contributed by atoms with Crippen LogP contribution in [0.4, 0.5) is 5.69 Å². The molecule has 4 nitrogen and oxygen atoms in total. The SMILES string of the molecule is Cc1c([N+](=O)[O-])ccc(Cl)c1C(=O)Cl. The van der Waals surface area contributed by atoms with Gasteiger partial charge in [-0.15, -0.1) is 0 Å². The number of carbonyl (C=O) groups excluding carboxylic acids is 1. The summed E-state index contributed by atoms with van der Waals surface area (Å²) in [6, 6.07) is 2.52. The van der Waals surface area contributed by atoms with Gasteiger partial charge in [0.1, 0.15) is 0 Å². The maximum atomic E-state index is 10.9. The normalized spacial score (nSPS) is 9.93. The summed E-state index contributed by atoms with van der Waals surface area (Å²) >= 11 is 10.9. The van der Waals surface area contributed by atoms with E-state index in [4.69, 9.17) is 23.2 Å². The van der Waals surface area contributed by atoms with E-state index in [-0.39, 0.29) is 21.8 Å². The third-order valence-corrected chi connectivity index (χ3v) is 2.28. The molecule has 0 aromatic heterocycles. The summed E-state index contributed by atoms with van der Waals surface area (Å²) in [4.78, 5) is 20.8. The quantitative estimate of drug-likeness (QED) is 0.449. The number of rotatable bonds is 2. The topological polar surface area (TPSA) is 60.2 Å². The molecule has 14 heavy (non-hydrogen) atoms. The van der Waals surface area contributed by atoms with Crippen LogP contribution in [0.15, 0.2) is 12.1 Å². The molecule has 0 fully saturated rings. The number of nitrogens with zero attached hydrogens (tertiary/aromatic N) is 1. The number of nitro benzene ring substituents is 1. The van der Waals surface area contributed by atoms with E-state index >= 15 is 0 Å². The third kappa shape index (κ3) is 1.86. The van der Waals surface area contributed by atoms with Gasteiger partial charge in [-0.1, -0.05) is 11.6 Å². The molecular formula is C8H5Cl2NO3. The van der Waals surface area contributed by atoms with E-state index in [9.17, 15) is 14.9 Å². The van der Waals surface area contributed by atoms with Crippen molar-refractivity contribution in [3.8, 4) is 0 Å². The zero-order chi connectivity index (χ0) is 10.9. The van der Waals surface area contributed by atoms with Crippen LogP contribution in [0.5, 0.6) is 0 Å². The molecule has 1 rings (SSSR count). The largest absolute Gasteiger partial charge is 0.276 e. The lowest BCUT2D eigenvalue weighted by molar-refractivity contribution is -0.385. The van der Waals surface area contributed by atoms with Crippen molar-refractivity contribution in [2.24, 2.45) is 0 Å². The van der Waals surface area contributed by atoms with Crippen LogP contribution < -0.4 is 0 Å². The van der Waals surface area contributed by atoms with Gasteiger partial charge in [-0.3, -0.25) is 14.9 Å². The maximum absolute atomic E-state index is 10.9. The van der Waals surface area contributed by atoms with E-state index in [1.165, 1.54) is 19.1 Å². The molecule has 0 aliphatic carbocycles. The van der Waals surface area contributed by atoms with Gasteiger partial charge in [0.05, 0.1) is 15.5 Å². The summed E-state index contributed by atoms with van der Waals surface area (Å²) in [5, 5.41) is 9.84. The third-order valence-electron chi connectivity index (χ3n) is 1.78. The Hall–Kier alpha value is -1.13. The van der Waals surface area contributed by atoms with Crippen LogP contribution in [0.1, 0.15) is 15.9 Å². The van der Waals surface area contributed by atoms with Crippen molar-refractivity contribution < 1.29 is 9.72 Å². The summed E-state index contributed by atoms with van der Waals surface area (Å²) in [6.45, 7) is 1.43. The lowest BCUT2D eigenvalue weighted by Gasteiger charge is -2.03. The highest BCUT2D eigenvalue weighted by molar-refractivity contribution is 6.69. The van der Waals surface area contributed by atoms with Crippen LogP contribution in [0.25, 0.3) is 0 Å². The molecule has 0 amide bonds. The minimum Gasteiger partial charge on any atom is -0.276 e. The number of halogens is 2. The Balaban J connectivity index is 3.49. The van der Waals surface area contributed by atoms with E-state index in [1.807, 2.05) is 0 Å². The van der Waals surface area contributed by atoms with Crippen LogP contribution in [0.3, 0.4) is 0 Å². The molecule has 0 aliphatic heterocycles. The summed E-state index contributed by atoms with van der Waals surface area (Å²) in [5.41, 5.74) is 0.00318. The van der Waals surface area contributed by atoms with E-state index in [0.717, 1.165) is 0 Å². The van der Waals surface area contributed by atoms with E-state index in [0.29, 0.717) is 0 Å². The average molecular weight is 234 g/mol. The van der Waals surface area contributed by atoms with Crippen molar-refractivity contribution in [3.63, 3.8) is 0 Å². The van der Waals surface area contributed by atoms with E-state index in [1.54, 1.807) is 0 Å². The van der Waals surface area contributed by atoms with Gasteiger partial charge in [0.15, 0.2) is 0 Å². The maximum Gasteiger partial charge on any atom is 0.273 e. The van der Waals surface area contributed by atoms with Gasteiger partial charge in [0.25, 0.3) is 10.9 Å². The van der Waals surface area contributed by atoms with Crippen LogP contribution in [0, 0.1) is 17.0 Å². The van der Waals surface area contributed by atoms with E-state index < -0.39 is 10.2 Å². The lowest BCUT2D eigenvalue weighted by Crippen LogP contribution is -2.00. The van der Waals surface area contributed by atoms with Gasteiger partial charge < -0.3 is 0 Å². The van der Waals surface area contributed by atoms with Gasteiger partial charge in [-0.25, -0.2) is 0 Å². The van der Waals surface area contributed by atoms with Crippen molar-refractivity contribution in [1.82, 2.24) is 0 Å². The molecule has 74 valence electrons. The van der Waals surface area contributed by atoms with Gasteiger partial charge in [-0.2, -0.15) is 0 Å². The van der Waals surface area contributed by atoms with Gasteiger partial charge in [0, 0.05) is 11.6 Å². The van der Waals surface area contributed by atoms with Crippen LogP contribution in [-0.4, -0.2) is 10.2 Å². The first-order valence-corrected chi connectivity index (χ1v) is 4.34. The minimum atomic E-state index is -0.795. The van der Waals surface area contributed by atoms with Crippen LogP contribution in [0.2, 0.25) is 5.02 Å². The molecule has 0 N–H and O–H groups in total. The van der Waals surface area contributed by atoms with E-state index in [2.05, 4.69) is 0 Å². The monoisotopic (exact) mass is 233 g/mol. The smallest absolute Gasteiger partial charge is 0.273 e. The van der Waals surface area contributed by atoms with Crippen molar-refractivity contribution in [3.05, 3.63) is 38.4 Å². The number of hydrogen-bond acceptors (Lipinski definition) is 3. The summed E-state index contributed by atoms with van der Waals surface area (Å²) in [6.07, 6.45) is 0. The zero-order valence-electron chi connectivity index (χ0n) is 7.08. The van der Waals surface area contributed by atoms with Gasteiger partial charge in [0.2, 0.25) is 0 Å². The molecule has 0 saturated carbocycles. The van der Waals surface area contributed by atoms with Crippen molar-refractivity contribution in [2.75, 3.05) is 0 Å². The summed E-state index contributed by atoms with van der Waals surface area (Å²) in [7, 11) is 0. The Morgan fingerprint density at radius 1 is 1.50 bits per heavy atom. The molecule has 1 aromatic carbocycles. The Morgan fingerprint density at radius 3 is 2.50 bits per heavy atom. The standard InChI is InChI=1S/C8H5Cl2NO3/c1-4-6(11(13)14)3-2-5(9)7(4)8(10)12/h2-3H,1H3. The highest BCUT2D eigenvalue weighted by Crippen LogP contribution is 2.28. The molecule has 0 unspecified atom stereocenters. The van der Waals surface area contributed by atoms with Crippen LogP contribution >= 0.6 is 23.2 Å². The second kappa shape index (κ2) is 3.94. The summed E-state index contributed by atoms with van der Waals surface area (Å²) < 4.78 is 0. The second-order valence-corrected chi connectivity index (χ2v) is 3.35. The molecule has 0 bridgehead atoms. The summed E-state index contributed by atoms with van der Waals surface area (Å²) in [5.74, 6) is 0. The first-order valence-electron chi connectivity index (χ1n) is 3.58. The molecule has 6 heteroatoms. The highest BCUT2D eigenvalue weighted by Gasteiger charge is 2.20. The predicted molar refractivity (Wildman–Crippen MR) is 53.0 cm³/mol. The van der Waals surface area contributed by atoms with Crippen molar-refractivity contribution in [2.45, 2.75) is 6.92 Å². The first kappa shape index (κ1) is 10.9. The lowest BCUT2D eigenvalue weighted by atomic mass is 10.1.